The summed E-state index contributed by atoms with van der Waals surface area (Å²) in [7, 11) is 1.71. The summed E-state index contributed by atoms with van der Waals surface area (Å²) in [5.41, 5.74) is 1.96. The SMILES string of the molecule is CN(CCOc1ccc(-c2sccc2CCOC2CCCCO2)cc1)C(=O)OC(C)(C)C. The molecule has 1 amide bonds. The van der Waals surface area contributed by atoms with E-state index in [1.165, 1.54) is 27.3 Å². The third kappa shape index (κ3) is 7.80. The molecular formula is C25H35NO5S. The molecule has 2 aromatic rings. The average Bonchev–Trinajstić information content (AvgIpc) is 3.22. The Morgan fingerprint density at radius 1 is 1.16 bits per heavy atom. The lowest BCUT2D eigenvalue weighted by Crippen LogP contribution is -2.36. The topological polar surface area (TPSA) is 57.2 Å². The Balaban J connectivity index is 1.45. The number of nitrogens with zero attached hydrogens (tertiary/aromatic N) is 1. The Bertz CT molecular complexity index is 837. The van der Waals surface area contributed by atoms with Crippen molar-refractivity contribution in [1.82, 2.24) is 4.90 Å². The minimum absolute atomic E-state index is 0.0448. The van der Waals surface area contributed by atoms with Gasteiger partial charge in [0.25, 0.3) is 0 Å². The van der Waals surface area contributed by atoms with E-state index in [4.69, 9.17) is 18.9 Å². The van der Waals surface area contributed by atoms with Gasteiger partial charge in [-0.15, -0.1) is 11.3 Å². The lowest BCUT2D eigenvalue weighted by atomic mass is 10.1. The third-order valence-electron chi connectivity index (χ3n) is 5.08. The second-order valence-electron chi connectivity index (χ2n) is 8.97. The number of thiophene rings is 1. The maximum atomic E-state index is 12.0. The first-order chi connectivity index (χ1) is 15.3. The zero-order chi connectivity index (χ0) is 23.0. The standard InChI is InChI=1S/C25H35NO5S/c1-25(2,3)31-24(27)26(4)14-17-28-21-10-8-19(9-11-21)23-20(13-18-32-23)12-16-30-22-7-5-6-15-29-22/h8-11,13,18,22H,5-7,12,14-17H2,1-4H3. The summed E-state index contributed by atoms with van der Waals surface area (Å²) in [5.74, 6) is 0.780. The van der Waals surface area contributed by atoms with E-state index in [0.717, 1.165) is 31.6 Å². The van der Waals surface area contributed by atoms with Gasteiger partial charge in [-0.2, -0.15) is 0 Å². The van der Waals surface area contributed by atoms with E-state index in [2.05, 4.69) is 23.6 Å². The highest BCUT2D eigenvalue weighted by molar-refractivity contribution is 7.13. The van der Waals surface area contributed by atoms with Crippen molar-refractivity contribution in [2.75, 3.05) is 33.4 Å². The van der Waals surface area contributed by atoms with Crippen LogP contribution in [0.3, 0.4) is 0 Å². The molecule has 0 bridgehead atoms. The molecular weight excluding hydrogens is 426 g/mol. The molecule has 0 saturated carbocycles. The smallest absolute Gasteiger partial charge is 0.410 e. The largest absolute Gasteiger partial charge is 0.492 e. The summed E-state index contributed by atoms with van der Waals surface area (Å²) in [5, 5.41) is 2.12. The summed E-state index contributed by atoms with van der Waals surface area (Å²) >= 11 is 1.74. The van der Waals surface area contributed by atoms with Gasteiger partial charge in [0.15, 0.2) is 6.29 Å². The maximum Gasteiger partial charge on any atom is 0.410 e. The fourth-order valence-electron chi connectivity index (χ4n) is 3.36. The molecule has 32 heavy (non-hydrogen) atoms. The van der Waals surface area contributed by atoms with Gasteiger partial charge in [0.05, 0.1) is 13.2 Å². The molecule has 1 aromatic carbocycles. The van der Waals surface area contributed by atoms with Crippen molar-refractivity contribution in [3.8, 4) is 16.2 Å². The van der Waals surface area contributed by atoms with E-state index >= 15 is 0 Å². The second kappa shape index (κ2) is 11.7. The fourth-order valence-corrected chi connectivity index (χ4v) is 4.32. The number of benzene rings is 1. The van der Waals surface area contributed by atoms with E-state index in [1.807, 2.05) is 32.9 Å². The van der Waals surface area contributed by atoms with Gasteiger partial charge in [-0.05, 0) is 93.3 Å². The van der Waals surface area contributed by atoms with Crippen LogP contribution in [0.2, 0.25) is 0 Å². The zero-order valence-electron chi connectivity index (χ0n) is 19.6. The summed E-state index contributed by atoms with van der Waals surface area (Å²) < 4.78 is 22.7. The maximum absolute atomic E-state index is 12.0. The van der Waals surface area contributed by atoms with Gasteiger partial charge in [0.1, 0.15) is 18.0 Å². The van der Waals surface area contributed by atoms with E-state index in [1.54, 1.807) is 18.4 Å². The lowest BCUT2D eigenvalue weighted by Gasteiger charge is -2.24. The van der Waals surface area contributed by atoms with E-state index in [9.17, 15) is 4.79 Å². The van der Waals surface area contributed by atoms with Crippen LogP contribution < -0.4 is 4.74 Å². The van der Waals surface area contributed by atoms with Crippen LogP contribution in [0.25, 0.3) is 10.4 Å². The van der Waals surface area contributed by atoms with Gasteiger partial charge < -0.3 is 23.8 Å². The van der Waals surface area contributed by atoms with Crippen molar-refractivity contribution in [1.29, 1.82) is 0 Å². The molecule has 1 saturated heterocycles. The summed E-state index contributed by atoms with van der Waals surface area (Å²) in [4.78, 5) is 14.8. The van der Waals surface area contributed by atoms with Crippen LogP contribution in [0.1, 0.15) is 45.6 Å². The summed E-state index contributed by atoms with van der Waals surface area (Å²) in [6.07, 6.45) is 3.78. The molecule has 1 aliphatic heterocycles. The predicted octanol–water partition coefficient (Wildman–Crippen LogP) is 5.75. The Morgan fingerprint density at radius 2 is 1.94 bits per heavy atom. The Morgan fingerprint density at radius 3 is 2.62 bits per heavy atom. The van der Waals surface area contributed by atoms with Gasteiger partial charge in [-0.25, -0.2) is 4.79 Å². The number of hydrogen-bond acceptors (Lipinski definition) is 6. The number of ether oxygens (including phenoxy) is 4. The van der Waals surface area contributed by atoms with Crippen molar-refractivity contribution < 1.29 is 23.7 Å². The Kier molecular flexibility index (Phi) is 8.96. The van der Waals surface area contributed by atoms with Crippen LogP contribution >= 0.6 is 11.3 Å². The van der Waals surface area contributed by atoms with Crippen molar-refractivity contribution in [2.45, 2.75) is 58.3 Å². The minimum Gasteiger partial charge on any atom is -0.492 e. The molecule has 1 atom stereocenters. The first kappa shape index (κ1) is 24.6. The first-order valence-corrected chi connectivity index (χ1v) is 12.2. The summed E-state index contributed by atoms with van der Waals surface area (Å²) in [6, 6.07) is 10.3. The molecule has 1 fully saturated rings. The van der Waals surface area contributed by atoms with Gasteiger partial charge >= 0.3 is 6.09 Å². The minimum atomic E-state index is -0.502. The molecule has 2 heterocycles. The third-order valence-corrected chi connectivity index (χ3v) is 6.08. The highest BCUT2D eigenvalue weighted by Crippen LogP contribution is 2.31. The van der Waals surface area contributed by atoms with Crippen molar-refractivity contribution in [3.63, 3.8) is 0 Å². The van der Waals surface area contributed by atoms with E-state index in [-0.39, 0.29) is 12.4 Å². The molecule has 1 unspecified atom stereocenters. The molecule has 7 heteroatoms. The molecule has 0 aliphatic carbocycles. The molecule has 3 rings (SSSR count). The number of amides is 1. The number of carbonyl (C=O) groups excluding carboxylic acids is 1. The van der Waals surface area contributed by atoms with Crippen molar-refractivity contribution in [3.05, 3.63) is 41.3 Å². The predicted molar refractivity (Wildman–Crippen MR) is 127 cm³/mol. The quantitative estimate of drug-likeness (QED) is 0.476. The van der Waals surface area contributed by atoms with E-state index < -0.39 is 5.60 Å². The van der Waals surface area contributed by atoms with Crippen molar-refractivity contribution >= 4 is 17.4 Å². The van der Waals surface area contributed by atoms with Crippen molar-refractivity contribution in [2.24, 2.45) is 0 Å². The van der Waals surface area contributed by atoms with Gasteiger partial charge in [-0.3, -0.25) is 0 Å². The average molecular weight is 462 g/mol. The number of hydrogen-bond donors (Lipinski definition) is 0. The van der Waals surface area contributed by atoms with Gasteiger partial charge in [0, 0.05) is 18.5 Å². The lowest BCUT2D eigenvalue weighted by molar-refractivity contribution is -0.161. The highest BCUT2D eigenvalue weighted by atomic mass is 32.1. The Labute approximate surface area is 195 Å². The normalized spacial score (nSPS) is 16.6. The molecule has 176 valence electrons. The fraction of sp³-hybridized carbons (Fsp3) is 0.560. The summed E-state index contributed by atoms with van der Waals surface area (Å²) in [6.45, 7) is 7.90. The van der Waals surface area contributed by atoms with E-state index in [0.29, 0.717) is 19.8 Å². The number of carbonyl (C=O) groups is 1. The first-order valence-electron chi connectivity index (χ1n) is 11.3. The Hall–Kier alpha value is -2.09. The molecule has 0 radical (unpaired) electrons. The molecule has 0 N–H and O–H groups in total. The molecule has 0 spiro atoms. The van der Waals surface area contributed by atoms with Crippen LogP contribution in [0.4, 0.5) is 4.79 Å². The molecule has 1 aromatic heterocycles. The zero-order valence-corrected chi connectivity index (χ0v) is 20.4. The van der Waals surface area contributed by atoms with Gasteiger partial charge in [0.2, 0.25) is 0 Å². The van der Waals surface area contributed by atoms with Crippen LogP contribution in [0.5, 0.6) is 5.75 Å². The van der Waals surface area contributed by atoms with Crippen LogP contribution in [0.15, 0.2) is 35.7 Å². The number of likely N-dealkylation sites (N-methyl/N-ethyl adjacent to an activating group) is 1. The monoisotopic (exact) mass is 461 g/mol. The second-order valence-corrected chi connectivity index (χ2v) is 9.88. The molecule has 6 nitrogen and oxygen atoms in total. The van der Waals surface area contributed by atoms with Crippen LogP contribution in [-0.4, -0.2) is 56.3 Å². The number of rotatable bonds is 9. The highest BCUT2D eigenvalue weighted by Gasteiger charge is 2.19. The van der Waals surface area contributed by atoms with Crippen LogP contribution in [-0.2, 0) is 20.6 Å². The van der Waals surface area contributed by atoms with Crippen LogP contribution in [0, 0.1) is 0 Å². The van der Waals surface area contributed by atoms with Gasteiger partial charge in [-0.1, -0.05) is 0 Å². The molecule has 1 aliphatic rings.